The van der Waals surface area contributed by atoms with Crippen LogP contribution in [0.3, 0.4) is 0 Å². The number of rotatable bonds is 4. The molecule has 1 saturated carbocycles. The van der Waals surface area contributed by atoms with Gasteiger partial charge in [0.1, 0.15) is 0 Å². The van der Waals surface area contributed by atoms with Crippen LogP contribution in [-0.2, 0) is 0 Å². The second-order valence-corrected chi connectivity index (χ2v) is 4.72. The third-order valence-electron chi connectivity index (χ3n) is 2.97. The Morgan fingerprint density at radius 3 is 2.89 bits per heavy atom. The molecule has 1 fully saturated rings. The molecule has 1 aliphatic carbocycles. The third kappa shape index (κ3) is 2.57. The van der Waals surface area contributed by atoms with Crippen molar-refractivity contribution < 1.29 is 4.79 Å². The molecule has 1 aliphatic rings. The van der Waals surface area contributed by atoms with Gasteiger partial charge in [-0.15, -0.1) is 0 Å². The third-order valence-corrected chi connectivity index (χ3v) is 3.39. The minimum Gasteiger partial charge on any atom is -0.398 e. The normalized spacial score (nSPS) is 14.0. The molecule has 1 amide bonds. The Balaban J connectivity index is 2.22. The van der Waals surface area contributed by atoms with Crippen LogP contribution in [0.1, 0.15) is 29.6 Å². The predicted molar refractivity (Wildman–Crippen MR) is 70.2 cm³/mol. The van der Waals surface area contributed by atoms with E-state index >= 15 is 0 Å². The number of carbonyl (C=O) groups excluding carboxylic acids is 1. The molecule has 0 bridgehead atoms. The maximum Gasteiger partial charge on any atom is 0.255 e. The lowest BCUT2D eigenvalue weighted by molar-refractivity contribution is 0.0747. The number of nitrogen functional groups attached to an aromatic ring is 1. The number of amides is 1. The average molecular weight is 264 g/mol. The van der Waals surface area contributed by atoms with Crippen LogP contribution in [0.2, 0.25) is 5.02 Å². The van der Waals surface area contributed by atoms with Gasteiger partial charge in [0.15, 0.2) is 0 Å². The van der Waals surface area contributed by atoms with Gasteiger partial charge in [-0.3, -0.25) is 4.79 Å². The smallest absolute Gasteiger partial charge is 0.255 e. The lowest BCUT2D eigenvalue weighted by atomic mass is 10.1. The van der Waals surface area contributed by atoms with Crippen molar-refractivity contribution in [2.45, 2.75) is 25.3 Å². The van der Waals surface area contributed by atoms with E-state index in [4.69, 9.17) is 22.6 Å². The molecule has 94 valence electrons. The van der Waals surface area contributed by atoms with E-state index in [2.05, 4.69) is 6.07 Å². The van der Waals surface area contributed by atoms with E-state index in [9.17, 15) is 4.79 Å². The first kappa shape index (κ1) is 12.7. The standard InChI is InChI=1S/C13H14ClN3O/c14-12-10(3-1-4-11(12)16)13(18)17(8-2-7-15)9-5-6-9/h1,3-4,9H,2,5-6,8,16H2. The quantitative estimate of drug-likeness (QED) is 0.848. The first-order valence-corrected chi connectivity index (χ1v) is 6.25. The number of anilines is 1. The first-order valence-electron chi connectivity index (χ1n) is 5.87. The molecule has 0 unspecified atom stereocenters. The molecule has 0 aliphatic heterocycles. The van der Waals surface area contributed by atoms with Crippen molar-refractivity contribution in [3.8, 4) is 6.07 Å². The van der Waals surface area contributed by atoms with Gasteiger partial charge in [0.25, 0.3) is 5.91 Å². The van der Waals surface area contributed by atoms with Gasteiger partial charge in [0, 0.05) is 12.6 Å². The van der Waals surface area contributed by atoms with E-state index in [0.29, 0.717) is 29.2 Å². The van der Waals surface area contributed by atoms with E-state index in [1.165, 1.54) is 0 Å². The molecule has 4 nitrogen and oxygen atoms in total. The van der Waals surface area contributed by atoms with E-state index < -0.39 is 0 Å². The second kappa shape index (κ2) is 5.28. The predicted octanol–water partition coefficient (Wildman–Crippen LogP) is 2.44. The number of nitrogens with two attached hydrogens (primary N) is 1. The molecule has 2 N–H and O–H groups in total. The highest BCUT2D eigenvalue weighted by atomic mass is 35.5. The summed E-state index contributed by atoms with van der Waals surface area (Å²) in [5.74, 6) is -0.134. The summed E-state index contributed by atoms with van der Waals surface area (Å²) >= 11 is 6.05. The zero-order chi connectivity index (χ0) is 13.1. The molecule has 0 spiro atoms. The van der Waals surface area contributed by atoms with Crippen molar-refractivity contribution in [1.29, 1.82) is 5.26 Å². The molecule has 0 aromatic heterocycles. The molecule has 1 aromatic carbocycles. The Morgan fingerprint density at radius 1 is 1.56 bits per heavy atom. The molecule has 0 atom stereocenters. The van der Waals surface area contributed by atoms with E-state index in [1.54, 1.807) is 23.1 Å². The highest BCUT2D eigenvalue weighted by Gasteiger charge is 2.33. The molecule has 1 aromatic rings. The van der Waals surface area contributed by atoms with Crippen molar-refractivity contribution in [3.63, 3.8) is 0 Å². The minimum absolute atomic E-state index is 0.134. The molecule has 18 heavy (non-hydrogen) atoms. The van der Waals surface area contributed by atoms with Gasteiger partial charge in [0.2, 0.25) is 0 Å². The van der Waals surface area contributed by atoms with E-state index in [0.717, 1.165) is 12.8 Å². The van der Waals surface area contributed by atoms with Crippen LogP contribution in [0.15, 0.2) is 18.2 Å². The lowest BCUT2D eigenvalue weighted by Gasteiger charge is -2.22. The molecule has 5 heteroatoms. The summed E-state index contributed by atoms with van der Waals surface area (Å²) in [6, 6.07) is 7.36. The largest absolute Gasteiger partial charge is 0.398 e. The van der Waals surface area contributed by atoms with Gasteiger partial charge in [-0.2, -0.15) is 5.26 Å². The van der Waals surface area contributed by atoms with Crippen LogP contribution in [0.4, 0.5) is 5.69 Å². The zero-order valence-corrected chi connectivity index (χ0v) is 10.7. The van der Waals surface area contributed by atoms with Crippen LogP contribution in [0, 0.1) is 11.3 Å². The summed E-state index contributed by atoms with van der Waals surface area (Å²) < 4.78 is 0. The summed E-state index contributed by atoms with van der Waals surface area (Å²) in [5.41, 5.74) is 6.51. The maximum absolute atomic E-state index is 12.4. The summed E-state index contributed by atoms with van der Waals surface area (Å²) in [5, 5.41) is 8.93. The molecule has 2 rings (SSSR count). The van der Waals surface area contributed by atoms with Crippen molar-refractivity contribution in [1.82, 2.24) is 4.90 Å². The fourth-order valence-electron chi connectivity index (χ4n) is 1.88. The average Bonchev–Trinajstić information content (AvgIpc) is 3.17. The number of benzene rings is 1. The summed E-state index contributed by atoms with van der Waals surface area (Å²) in [6.45, 7) is 0.450. The number of halogens is 1. The van der Waals surface area contributed by atoms with Crippen LogP contribution >= 0.6 is 11.6 Å². The molecule has 0 radical (unpaired) electrons. The molecular weight excluding hydrogens is 250 g/mol. The molecule has 0 heterocycles. The maximum atomic E-state index is 12.4. The highest BCUT2D eigenvalue weighted by molar-refractivity contribution is 6.36. The Kier molecular flexibility index (Phi) is 3.73. The Hall–Kier alpha value is -1.73. The Labute approximate surface area is 111 Å². The highest BCUT2D eigenvalue weighted by Crippen LogP contribution is 2.31. The number of nitriles is 1. The SMILES string of the molecule is N#CCCN(C(=O)c1cccc(N)c1Cl)C1CC1. The van der Waals surface area contributed by atoms with Crippen molar-refractivity contribution in [3.05, 3.63) is 28.8 Å². The van der Waals surface area contributed by atoms with Crippen LogP contribution in [-0.4, -0.2) is 23.4 Å². The lowest BCUT2D eigenvalue weighted by Crippen LogP contribution is -2.34. The fourth-order valence-corrected chi connectivity index (χ4v) is 2.08. The van der Waals surface area contributed by atoms with Gasteiger partial charge >= 0.3 is 0 Å². The van der Waals surface area contributed by atoms with Gasteiger partial charge in [-0.1, -0.05) is 17.7 Å². The van der Waals surface area contributed by atoms with Gasteiger partial charge in [-0.05, 0) is 25.0 Å². The fraction of sp³-hybridized carbons (Fsp3) is 0.385. The van der Waals surface area contributed by atoms with Crippen LogP contribution < -0.4 is 5.73 Å². The van der Waals surface area contributed by atoms with Gasteiger partial charge < -0.3 is 10.6 Å². The summed E-state index contributed by atoms with van der Waals surface area (Å²) in [6.07, 6.45) is 2.33. The first-order chi connectivity index (χ1) is 8.65. The van der Waals surface area contributed by atoms with Crippen molar-refractivity contribution in [2.24, 2.45) is 0 Å². The number of hydrogen-bond donors (Lipinski definition) is 1. The number of hydrogen-bond acceptors (Lipinski definition) is 3. The zero-order valence-electron chi connectivity index (χ0n) is 9.90. The van der Waals surface area contributed by atoms with Crippen molar-refractivity contribution >= 4 is 23.2 Å². The minimum atomic E-state index is -0.134. The molecular formula is C13H14ClN3O. The van der Waals surface area contributed by atoms with E-state index in [-0.39, 0.29) is 11.9 Å². The van der Waals surface area contributed by atoms with Gasteiger partial charge in [-0.25, -0.2) is 0 Å². The second-order valence-electron chi connectivity index (χ2n) is 4.35. The Morgan fingerprint density at radius 2 is 2.28 bits per heavy atom. The topological polar surface area (TPSA) is 70.1 Å². The Bertz CT molecular complexity index is 505. The van der Waals surface area contributed by atoms with Crippen LogP contribution in [0.5, 0.6) is 0 Å². The van der Waals surface area contributed by atoms with Crippen molar-refractivity contribution in [2.75, 3.05) is 12.3 Å². The van der Waals surface area contributed by atoms with Gasteiger partial charge in [0.05, 0.1) is 28.8 Å². The van der Waals surface area contributed by atoms with E-state index in [1.807, 2.05) is 0 Å². The summed E-state index contributed by atoms with van der Waals surface area (Å²) in [4.78, 5) is 14.1. The monoisotopic (exact) mass is 263 g/mol. The number of nitrogens with zero attached hydrogens (tertiary/aromatic N) is 2. The van der Waals surface area contributed by atoms with Crippen LogP contribution in [0.25, 0.3) is 0 Å². The molecule has 0 saturated heterocycles. The summed E-state index contributed by atoms with van der Waals surface area (Å²) in [7, 11) is 0. The number of carbonyl (C=O) groups is 1.